The van der Waals surface area contributed by atoms with Crippen molar-refractivity contribution < 1.29 is 9.59 Å². The fraction of sp³-hybridized carbons (Fsp3) is 0.800. The van der Waals surface area contributed by atoms with Gasteiger partial charge in [0.2, 0.25) is 5.91 Å². The molecule has 7 nitrogen and oxygen atoms in total. The molecule has 0 aromatic rings. The second kappa shape index (κ2) is 5.37. The number of carbonyl (C=O) groups excluding carboxylic acids is 2. The molecule has 4 rings (SSSR count). The number of nitrogens with two attached hydrogens (primary N) is 1. The Morgan fingerprint density at radius 1 is 1.43 bits per heavy atom. The molecule has 0 aromatic carbocycles. The van der Waals surface area contributed by atoms with E-state index < -0.39 is 0 Å². The third kappa shape index (κ3) is 2.71. The number of nitrogens with zero attached hydrogens (tertiary/aromatic N) is 3. The number of hydrogen-bond donors (Lipinski definition) is 2. The normalized spacial score (nSPS) is 31.7. The van der Waals surface area contributed by atoms with Gasteiger partial charge in [0.15, 0.2) is 0 Å². The van der Waals surface area contributed by atoms with Crippen molar-refractivity contribution >= 4 is 29.3 Å². The summed E-state index contributed by atoms with van der Waals surface area (Å²) in [5, 5.41) is 6.72. The number of hydrogen-bond acceptors (Lipinski definition) is 6. The zero-order valence-corrected chi connectivity index (χ0v) is 14.1. The molecular weight excluding hydrogens is 314 g/mol. The van der Waals surface area contributed by atoms with Crippen LogP contribution in [-0.4, -0.2) is 63.6 Å². The highest BCUT2D eigenvalue weighted by Gasteiger charge is 2.52. The minimum atomic E-state index is -0.381. The molecular formula is C15H23N5O2S. The van der Waals surface area contributed by atoms with E-state index in [1.807, 2.05) is 4.90 Å². The van der Waals surface area contributed by atoms with Crippen molar-refractivity contribution in [2.45, 2.75) is 48.1 Å². The molecule has 4 aliphatic rings. The van der Waals surface area contributed by atoms with E-state index in [0.29, 0.717) is 17.0 Å². The second-order valence-electron chi connectivity index (χ2n) is 7.13. The van der Waals surface area contributed by atoms with Crippen LogP contribution in [0, 0.1) is 5.92 Å². The molecule has 2 saturated carbocycles. The largest absolute Gasteiger partial charge is 0.339 e. The molecule has 0 aromatic heterocycles. The van der Waals surface area contributed by atoms with Crippen LogP contribution in [0.2, 0.25) is 0 Å². The van der Waals surface area contributed by atoms with Crippen LogP contribution in [0.3, 0.4) is 0 Å². The van der Waals surface area contributed by atoms with E-state index in [0.717, 1.165) is 18.2 Å². The molecule has 2 amide bonds. The van der Waals surface area contributed by atoms with Crippen LogP contribution in [0.15, 0.2) is 5.10 Å². The zero-order valence-electron chi connectivity index (χ0n) is 13.3. The van der Waals surface area contributed by atoms with Gasteiger partial charge in [-0.05, 0) is 32.1 Å². The third-order valence-corrected chi connectivity index (χ3v) is 7.11. The lowest BCUT2D eigenvalue weighted by atomic mass is 9.87. The third-order valence-electron chi connectivity index (χ3n) is 5.27. The number of hydrazine groups is 1. The fourth-order valence-corrected chi connectivity index (χ4v) is 5.37. The van der Waals surface area contributed by atoms with Gasteiger partial charge in [-0.25, -0.2) is 5.84 Å². The minimum absolute atomic E-state index is 0.106. The van der Waals surface area contributed by atoms with Crippen molar-refractivity contribution in [3.05, 3.63) is 0 Å². The summed E-state index contributed by atoms with van der Waals surface area (Å²) >= 11 is 2.09. The van der Waals surface area contributed by atoms with Gasteiger partial charge in [0, 0.05) is 36.1 Å². The average molecular weight is 337 g/mol. The smallest absolute Gasteiger partial charge is 0.281 e. The summed E-state index contributed by atoms with van der Waals surface area (Å²) in [6.45, 7) is 1.56. The van der Waals surface area contributed by atoms with Crippen LogP contribution < -0.4 is 11.3 Å². The van der Waals surface area contributed by atoms with Crippen LogP contribution in [0.1, 0.15) is 32.1 Å². The van der Waals surface area contributed by atoms with E-state index >= 15 is 0 Å². The molecule has 2 unspecified atom stereocenters. The fourth-order valence-electron chi connectivity index (χ4n) is 3.72. The maximum atomic E-state index is 12.9. The molecule has 2 aliphatic heterocycles. The Morgan fingerprint density at radius 2 is 2.17 bits per heavy atom. The Morgan fingerprint density at radius 3 is 2.78 bits per heavy atom. The monoisotopic (exact) mass is 337 g/mol. The molecule has 2 heterocycles. The van der Waals surface area contributed by atoms with Gasteiger partial charge in [-0.1, -0.05) is 0 Å². The SMILES string of the molecule is CN1N=C(C(=O)NN)C2CCN(CC3(SC4CC4)CC3)C(=O)C21. The number of thioether (sulfide) groups is 1. The molecule has 1 saturated heterocycles. The van der Waals surface area contributed by atoms with Gasteiger partial charge in [0.1, 0.15) is 11.8 Å². The number of likely N-dealkylation sites (N-methyl/N-ethyl adjacent to an activating group) is 1. The van der Waals surface area contributed by atoms with Crippen LogP contribution in [0.25, 0.3) is 0 Å². The number of nitrogens with one attached hydrogen (secondary N) is 1. The minimum Gasteiger partial charge on any atom is -0.339 e. The number of rotatable bonds is 5. The first-order chi connectivity index (χ1) is 11.0. The second-order valence-corrected chi connectivity index (χ2v) is 8.90. The van der Waals surface area contributed by atoms with E-state index in [2.05, 4.69) is 22.3 Å². The summed E-state index contributed by atoms with van der Waals surface area (Å²) < 4.78 is 0.305. The summed E-state index contributed by atoms with van der Waals surface area (Å²) in [6, 6.07) is -0.349. The van der Waals surface area contributed by atoms with Gasteiger partial charge < -0.3 is 4.90 Å². The summed E-state index contributed by atoms with van der Waals surface area (Å²) in [5.74, 6) is 4.81. The Bertz CT molecular complexity index is 572. The molecule has 3 N–H and O–H groups in total. The summed E-state index contributed by atoms with van der Waals surface area (Å²) in [5.41, 5.74) is 2.53. The lowest BCUT2D eigenvalue weighted by Gasteiger charge is -2.38. The lowest BCUT2D eigenvalue weighted by molar-refractivity contribution is -0.140. The topological polar surface area (TPSA) is 91.0 Å². The van der Waals surface area contributed by atoms with E-state index in [9.17, 15) is 9.59 Å². The quantitative estimate of drug-likeness (QED) is 0.416. The predicted molar refractivity (Wildman–Crippen MR) is 88.6 cm³/mol. The van der Waals surface area contributed by atoms with Gasteiger partial charge in [0.25, 0.3) is 5.91 Å². The van der Waals surface area contributed by atoms with Crippen LogP contribution in [0.4, 0.5) is 0 Å². The molecule has 0 radical (unpaired) electrons. The number of hydrazone groups is 1. The van der Waals surface area contributed by atoms with Gasteiger partial charge >= 0.3 is 0 Å². The zero-order chi connectivity index (χ0) is 16.2. The highest BCUT2D eigenvalue weighted by molar-refractivity contribution is 8.01. The number of carbonyl (C=O) groups is 2. The lowest BCUT2D eigenvalue weighted by Crippen LogP contribution is -2.55. The van der Waals surface area contributed by atoms with Crippen molar-refractivity contribution in [2.24, 2.45) is 16.9 Å². The number of amides is 2. The van der Waals surface area contributed by atoms with Crippen molar-refractivity contribution in [2.75, 3.05) is 20.1 Å². The number of piperidine rings is 1. The number of likely N-dealkylation sites (tertiary alicyclic amines) is 1. The molecule has 126 valence electrons. The first-order valence-corrected chi connectivity index (χ1v) is 9.20. The van der Waals surface area contributed by atoms with Crippen molar-refractivity contribution in [1.29, 1.82) is 0 Å². The van der Waals surface area contributed by atoms with Gasteiger partial charge in [-0.2, -0.15) is 5.10 Å². The van der Waals surface area contributed by atoms with Gasteiger partial charge in [0.05, 0.1) is 0 Å². The molecule has 2 atom stereocenters. The van der Waals surface area contributed by atoms with Gasteiger partial charge in [-0.15, -0.1) is 11.8 Å². The van der Waals surface area contributed by atoms with E-state index in [-0.39, 0.29) is 23.8 Å². The first kappa shape index (κ1) is 15.3. The molecule has 0 bridgehead atoms. The van der Waals surface area contributed by atoms with E-state index in [1.165, 1.54) is 25.7 Å². The predicted octanol–water partition coefficient (Wildman–Crippen LogP) is -0.0770. The number of fused-ring (bicyclic) bond motifs is 1. The Balaban J connectivity index is 1.44. The van der Waals surface area contributed by atoms with Crippen LogP contribution >= 0.6 is 11.8 Å². The molecule has 3 fully saturated rings. The van der Waals surface area contributed by atoms with E-state index in [4.69, 9.17) is 5.84 Å². The maximum Gasteiger partial charge on any atom is 0.281 e. The Hall–Kier alpha value is -1.28. The molecule has 0 spiro atoms. The van der Waals surface area contributed by atoms with Crippen LogP contribution in [0.5, 0.6) is 0 Å². The highest BCUT2D eigenvalue weighted by atomic mass is 32.2. The summed E-state index contributed by atoms with van der Waals surface area (Å²) in [6.07, 6.45) is 5.88. The summed E-state index contributed by atoms with van der Waals surface area (Å²) in [4.78, 5) is 26.8. The standard InChI is InChI=1S/C15H23N5O2S/c1-19-12-10(11(18-19)13(21)17-16)4-7-20(14(12)22)8-15(5-6-15)23-9-2-3-9/h9-10,12H,2-8,16H2,1H3,(H,17,21). The van der Waals surface area contributed by atoms with E-state index in [1.54, 1.807) is 12.1 Å². The Labute approximate surface area is 140 Å². The molecule has 23 heavy (non-hydrogen) atoms. The highest BCUT2D eigenvalue weighted by Crippen LogP contribution is 2.55. The van der Waals surface area contributed by atoms with Crippen molar-refractivity contribution in [3.8, 4) is 0 Å². The first-order valence-electron chi connectivity index (χ1n) is 8.32. The average Bonchev–Trinajstić information content (AvgIpc) is 3.45. The Kier molecular flexibility index (Phi) is 3.57. The summed E-state index contributed by atoms with van der Waals surface area (Å²) in [7, 11) is 1.77. The molecule has 8 heteroatoms. The van der Waals surface area contributed by atoms with Gasteiger partial charge in [-0.3, -0.25) is 20.0 Å². The van der Waals surface area contributed by atoms with Crippen molar-refractivity contribution in [3.63, 3.8) is 0 Å². The van der Waals surface area contributed by atoms with Crippen molar-refractivity contribution in [1.82, 2.24) is 15.3 Å². The van der Waals surface area contributed by atoms with Crippen LogP contribution in [-0.2, 0) is 9.59 Å². The maximum absolute atomic E-state index is 12.9. The molecule has 2 aliphatic carbocycles.